The third-order valence-corrected chi connectivity index (χ3v) is 2.42. The van der Waals surface area contributed by atoms with Crippen LogP contribution in [0.1, 0.15) is 20.3 Å². The fourth-order valence-electron chi connectivity index (χ4n) is 1.51. The second-order valence-electron chi connectivity index (χ2n) is 3.85. The van der Waals surface area contributed by atoms with Crippen molar-refractivity contribution in [3.63, 3.8) is 0 Å². The van der Waals surface area contributed by atoms with Gasteiger partial charge in [-0.3, -0.25) is 0 Å². The highest BCUT2D eigenvalue weighted by Crippen LogP contribution is 1.98. The van der Waals surface area contributed by atoms with Gasteiger partial charge in [0, 0.05) is 26.2 Å². The van der Waals surface area contributed by atoms with Crippen LogP contribution in [0.2, 0.25) is 0 Å². The van der Waals surface area contributed by atoms with Gasteiger partial charge in [0.2, 0.25) is 0 Å². The molecule has 15 heavy (non-hydrogen) atoms. The van der Waals surface area contributed by atoms with E-state index < -0.39 is 0 Å². The molecule has 0 unspecified atom stereocenters. The summed E-state index contributed by atoms with van der Waals surface area (Å²) in [6.45, 7) is 8.72. The number of rotatable bonds is 4. The van der Waals surface area contributed by atoms with Crippen LogP contribution in [0.4, 0.5) is 0 Å². The summed E-state index contributed by atoms with van der Waals surface area (Å²) >= 11 is 0. The van der Waals surface area contributed by atoms with Gasteiger partial charge in [0.25, 0.3) is 0 Å². The third kappa shape index (κ3) is 5.43. The molecule has 1 rings (SSSR count). The summed E-state index contributed by atoms with van der Waals surface area (Å²) in [6, 6.07) is 0. The van der Waals surface area contributed by atoms with E-state index in [0.717, 1.165) is 32.6 Å². The highest BCUT2D eigenvalue weighted by Gasteiger charge is 2.02. The van der Waals surface area contributed by atoms with Crippen molar-refractivity contribution in [2.24, 2.45) is 0 Å². The van der Waals surface area contributed by atoms with E-state index in [0.29, 0.717) is 0 Å². The Hall–Kier alpha value is -1.02. The lowest BCUT2D eigenvalue weighted by Crippen LogP contribution is -2.40. The molecule has 0 aromatic rings. The minimum absolute atomic E-state index is 1.10. The van der Waals surface area contributed by atoms with Crippen molar-refractivity contribution in [2.75, 3.05) is 26.2 Å². The Morgan fingerprint density at radius 1 is 1.33 bits per heavy atom. The van der Waals surface area contributed by atoms with E-state index in [2.05, 4.69) is 54.6 Å². The van der Waals surface area contributed by atoms with Gasteiger partial charge < -0.3 is 10.2 Å². The van der Waals surface area contributed by atoms with Crippen molar-refractivity contribution in [3.8, 4) is 0 Å². The number of hydrogen-bond donors (Lipinski definition) is 1. The number of hydrogen-bond acceptors (Lipinski definition) is 2. The lowest BCUT2D eigenvalue weighted by atomic mass is 10.2. The quantitative estimate of drug-likeness (QED) is 0.710. The highest BCUT2D eigenvalue weighted by molar-refractivity contribution is 5.21. The molecule has 0 aromatic carbocycles. The second-order valence-corrected chi connectivity index (χ2v) is 3.85. The minimum Gasteiger partial charge on any atom is -0.375 e. The van der Waals surface area contributed by atoms with Crippen LogP contribution >= 0.6 is 0 Å². The van der Waals surface area contributed by atoms with Crippen LogP contribution in [0.3, 0.4) is 0 Å². The molecule has 1 saturated heterocycles. The summed E-state index contributed by atoms with van der Waals surface area (Å²) in [5.41, 5.74) is 1.31. The zero-order valence-corrected chi connectivity index (χ0v) is 9.87. The Morgan fingerprint density at radius 2 is 2.07 bits per heavy atom. The molecule has 2 heteroatoms. The maximum absolute atomic E-state index is 3.34. The smallest absolute Gasteiger partial charge is 0.0298 e. The second kappa shape index (κ2) is 7.30. The Kier molecular flexibility index (Phi) is 5.86. The molecule has 0 radical (unpaired) electrons. The van der Waals surface area contributed by atoms with Crippen molar-refractivity contribution in [2.45, 2.75) is 20.3 Å². The third-order valence-electron chi connectivity index (χ3n) is 2.42. The van der Waals surface area contributed by atoms with E-state index in [1.165, 1.54) is 5.57 Å². The molecule has 0 saturated carbocycles. The molecular weight excluding hydrogens is 184 g/mol. The molecule has 0 atom stereocenters. The van der Waals surface area contributed by atoms with Gasteiger partial charge in [-0.1, -0.05) is 30.7 Å². The summed E-state index contributed by atoms with van der Waals surface area (Å²) in [5.74, 6) is 0. The average Bonchev–Trinajstić information content (AvgIpc) is 2.28. The van der Waals surface area contributed by atoms with Gasteiger partial charge in [-0.2, -0.15) is 0 Å². The summed E-state index contributed by atoms with van der Waals surface area (Å²) < 4.78 is 0. The van der Waals surface area contributed by atoms with E-state index in [-0.39, 0.29) is 0 Å². The number of nitrogens with one attached hydrogen (secondary N) is 1. The van der Waals surface area contributed by atoms with Gasteiger partial charge in [0.05, 0.1) is 0 Å². The predicted molar refractivity (Wildman–Crippen MR) is 66.8 cm³/mol. The Morgan fingerprint density at radius 3 is 2.73 bits per heavy atom. The molecule has 1 N–H and O–H groups in total. The molecule has 0 aliphatic carbocycles. The first-order valence-electron chi connectivity index (χ1n) is 5.79. The largest absolute Gasteiger partial charge is 0.375 e. The van der Waals surface area contributed by atoms with Crippen molar-refractivity contribution in [3.05, 3.63) is 36.1 Å². The Labute approximate surface area is 93.4 Å². The maximum Gasteiger partial charge on any atom is 0.0298 e. The molecule has 0 amide bonds. The molecule has 2 nitrogen and oxygen atoms in total. The van der Waals surface area contributed by atoms with Gasteiger partial charge in [0.1, 0.15) is 0 Å². The van der Waals surface area contributed by atoms with Gasteiger partial charge >= 0.3 is 0 Å². The number of allylic oxidation sites excluding steroid dienone is 5. The monoisotopic (exact) mass is 206 g/mol. The van der Waals surface area contributed by atoms with Crippen LogP contribution < -0.4 is 5.32 Å². The zero-order chi connectivity index (χ0) is 10.9. The summed E-state index contributed by atoms with van der Waals surface area (Å²) in [6.07, 6.45) is 11.9. The standard InChI is InChI=1S/C13H22N2/c1-3-4-6-13(2)7-5-10-15-11-8-14-9-12-15/h4-7,10,14H,3,8-9,11-12H2,1-2H3/b6-4-,10-5+,13-7-. The number of nitrogens with zero attached hydrogens (tertiary/aromatic N) is 1. The van der Waals surface area contributed by atoms with Gasteiger partial charge in [-0.05, 0) is 25.6 Å². The zero-order valence-electron chi connectivity index (χ0n) is 9.87. The van der Waals surface area contributed by atoms with Gasteiger partial charge in [-0.15, -0.1) is 0 Å². The summed E-state index contributed by atoms with van der Waals surface area (Å²) in [5, 5.41) is 3.34. The lowest BCUT2D eigenvalue weighted by Gasteiger charge is -2.25. The molecule has 84 valence electrons. The summed E-state index contributed by atoms with van der Waals surface area (Å²) in [7, 11) is 0. The van der Waals surface area contributed by atoms with E-state index in [9.17, 15) is 0 Å². The normalized spacial score (nSPS) is 19.3. The van der Waals surface area contributed by atoms with Crippen LogP contribution in [-0.2, 0) is 0 Å². The van der Waals surface area contributed by atoms with Crippen LogP contribution in [-0.4, -0.2) is 31.1 Å². The van der Waals surface area contributed by atoms with E-state index in [1.807, 2.05) is 0 Å². The Balaban J connectivity index is 2.33. The van der Waals surface area contributed by atoms with Crippen LogP contribution in [0.5, 0.6) is 0 Å². The topological polar surface area (TPSA) is 15.3 Å². The molecule has 0 aromatic heterocycles. The SMILES string of the molecule is CC\C=C/C(C)=C\C=C\N1CCNCC1. The van der Waals surface area contributed by atoms with Crippen LogP contribution in [0.15, 0.2) is 36.1 Å². The van der Waals surface area contributed by atoms with Crippen LogP contribution in [0, 0.1) is 0 Å². The Bertz CT molecular complexity index is 245. The fourth-order valence-corrected chi connectivity index (χ4v) is 1.51. The molecule has 1 aliphatic rings. The lowest BCUT2D eigenvalue weighted by molar-refractivity contribution is 0.324. The van der Waals surface area contributed by atoms with Crippen molar-refractivity contribution >= 4 is 0 Å². The molecule has 0 spiro atoms. The molecule has 0 bridgehead atoms. The van der Waals surface area contributed by atoms with Gasteiger partial charge in [0.15, 0.2) is 0 Å². The first-order valence-corrected chi connectivity index (χ1v) is 5.79. The maximum atomic E-state index is 3.34. The first kappa shape index (κ1) is 12.1. The predicted octanol–water partition coefficient (Wildman–Crippen LogP) is 2.32. The fraction of sp³-hybridized carbons (Fsp3) is 0.538. The van der Waals surface area contributed by atoms with E-state index >= 15 is 0 Å². The molecule has 1 fully saturated rings. The highest BCUT2D eigenvalue weighted by atomic mass is 15.2. The van der Waals surface area contributed by atoms with E-state index in [1.54, 1.807) is 0 Å². The molecular formula is C13H22N2. The van der Waals surface area contributed by atoms with Crippen molar-refractivity contribution in [1.82, 2.24) is 10.2 Å². The van der Waals surface area contributed by atoms with Crippen molar-refractivity contribution in [1.29, 1.82) is 0 Å². The van der Waals surface area contributed by atoms with Gasteiger partial charge in [-0.25, -0.2) is 0 Å². The van der Waals surface area contributed by atoms with Crippen LogP contribution in [0.25, 0.3) is 0 Å². The van der Waals surface area contributed by atoms with Crippen molar-refractivity contribution < 1.29 is 0 Å². The summed E-state index contributed by atoms with van der Waals surface area (Å²) in [4.78, 5) is 2.35. The molecule has 1 heterocycles. The minimum atomic E-state index is 1.10. The average molecular weight is 206 g/mol. The number of piperazine rings is 1. The first-order chi connectivity index (χ1) is 7.33. The van der Waals surface area contributed by atoms with E-state index in [4.69, 9.17) is 0 Å². The molecule has 1 aliphatic heterocycles.